The zero-order valence-corrected chi connectivity index (χ0v) is 18.9. The number of aryl methyl sites for hydroxylation is 2. The SMILES string of the molecule is COc1cccc(CCn2cnc(=N)c3[nH]c(Sc4cc5c(cc4Br)OCO5)nc32)c1. The van der Waals surface area contributed by atoms with Crippen LogP contribution in [0.15, 0.2) is 57.3 Å². The van der Waals surface area contributed by atoms with E-state index in [4.69, 9.17) is 24.6 Å². The molecule has 2 aromatic carbocycles. The van der Waals surface area contributed by atoms with Gasteiger partial charge in [0.2, 0.25) is 6.79 Å². The van der Waals surface area contributed by atoms with Crippen LogP contribution in [0.25, 0.3) is 11.2 Å². The number of halogens is 1. The summed E-state index contributed by atoms with van der Waals surface area (Å²) >= 11 is 5.03. The Kier molecular flexibility index (Phi) is 5.33. The summed E-state index contributed by atoms with van der Waals surface area (Å²) in [5.41, 5.74) is 2.62. The van der Waals surface area contributed by atoms with E-state index in [0.717, 1.165) is 27.1 Å². The van der Waals surface area contributed by atoms with E-state index in [-0.39, 0.29) is 12.3 Å². The zero-order valence-electron chi connectivity index (χ0n) is 16.5. The van der Waals surface area contributed by atoms with E-state index in [9.17, 15) is 0 Å². The van der Waals surface area contributed by atoms with Gasteiger partial charge in [0.1, 0.15) is 11.3 Å². The fourth-order valence-corrected chi connectivity index (χ4v) is 4.71. The van der Waals surface area contributed by atoms with Gasteiger partial charge >= 0.3 is 0 Å². The van der Waals surface area contributed by atoms with Crippen LogP contribution in [-0.4, -0.2) is 33.4 Å². The highest BCUT2D eigenvalue weighted by atomic mass is 79.9. The summed E-state index contributed by atoms with van der Waals surface area (Å²) in [7, 11) is 1.66. The van der Waals surface area contributed by atoms with Crippen molar-refractivity contribution in [3.05, 3.63) is 58.2 Å². The van der Waals surface area contributed by atoms with Gasteiger partial charge < -0.3 is 23.8 Å². The normalized spacial score (nSPS) is 12.5. The number of ether oxygens (including phenoxy) is 3. The summed E-state index contributed by atoms with van der Waals surface area (Å²) < 4.78 is 19.0. The Bertz CT molecular complexity index is 1340. The van der Waals surface area contributed by atoms with Crippen LogP contribution in [0.4, 0.5) is 0 Å². The third-order valence-corrected chi connectivity index (χ3v) is 6.77. The average Bonchev–Trinajstić information content (AvgIpc) is 3.41. The van der Waals surface area contributed by atoms with Crippen molar-refractivity contribution in [1.29, 1.82) is 5.41 Å². The molecule has 1 aliphatic rings. The van der Waals surface area contributed by atoms with Crippen LogP contribution in [0.5, 0.6) is 17.2 Å². The molecule has 31 heavy (non-hydrogen) atoms. The number of aromatic amines is 1. The minimum atomic E-state index is 0.164. The van der Waals surface area contributed by atoms with Crippen molar-refractivity contribution in [3.8, 4) is 17.2 Å². The lowest BCUT2D eigenvalue weighted by Crippen LogP contribution is -2.13. The van der Waals surface area contributed by atoms with E-state index in [0.29, 0.717) is 34.4 Å². The first-order valence-electron chi connectivity index (χ1n) is 9.50. The van der Waals surface area contributed by atoms with Gasteiger partial charge in [0.25, 0.3) is 0 Å². The molecule has 1 aliphatic heterocycles. The number of rotatable bonds is 6. The molecule has 2 N–H and O–H groups in total. The summed E-state index contributed by atoms with van der Waals surface area (Å²) in [6.45, 7) is 0.904. The molecule has 0 radical (unpaired) electrons. The Morgan fingerprint density at radius 1 is 1.26 bits per heavy atom. The molecule has 4 aromatic rings. The standard InChI is InChI=1S/C21H18BrN5O3S/c1-28-13-4-2-3-12(7-13)5-6-27-10-24-19(23)18-20(27)26-21(25-18)31-17-9-16-15(8-14(17)22)29-11-30-16/h2-4,7-10,23H,5-6,11H2,1H3,(H,25,26). The second-order valence-corrected chi connectivity index (χ2v) is 8.75. The van der Waals surface area contributed by atoms with Crippen LogP contribution in [0.1, 0.15) is 5.56 Å². The fourth-order valence-electron chi connectivity index (χ4n) is 3.33. The Labute approximate surface area is 190 Å². The number of hydrogen-bond acceptors (Lipinski definition) is 7. The molecule has 8 nitrogen and oxygen atoms in total. The molecule has 0 amide bonds. The third kappa shape index (κ3) is 4.00. The van der Waals surface area contributed by atoms with Gasteiger partial charge in [-0.25, -0.2) is 9.97 Å². The molecule has 0 bridgehead atoms. The van der Waals surface area contributed by atoms with Gasteiger partial charge in [-0.05, 0) is 52.2 Å². The van der Waals surface area contributed by atoms with Gasteiger partial charge in [0.15, 0.2) is 27.8 Å². The van der Waals surface area contributed by atoms with Crippen molar-refractivity contribution in [1.82, 2.24) is 19.5 Å². The minimum Gasteiger partial charge on any atom is -0.497 e. The summed E-state index contributed by atoms with van der Waals surface area (Å²) in [5, 5.41) is 8.85. The lowest BCUT2D eigenvalue weighted by atomic mass is 10.1. The van der Waals surface area contributed by atoms with Gasteiger partial charge in [-0.15, -0.1) is 0 Å². The van der Waals surface area contributed by atoms with Crippen LogP contribution >= 0.6 is 27.7 Å². The van der Waals surface area contributed by atoms with Crippen LogP contribution < -0.4 is 19.7 Å². The maximum Gasteiger partial charge on any atom is 0.231 e. The summed E-state index contributed by atoms with van der Waals surface area (Å²) in [6, 6.07) is 11.8. The Morgan fingerprint density at radius 2 is 2.10 bits per heavy atom. The molecular formula is C21H18BrN5O3S. The molecule has 2 aromatic heterocycles. The van der Waals surface area contributed by atoms with Crippen LogP contribution in [0.3, 0.4) is 0 Å². The van der Waals surface area contributed by atoms with Crippen molar-refractivity contribution < 1.29 is 14.2 Å². The molecule has 0 spiro atoms. The minimum absolute atomic E-state index is 0.164. The molecule has 0 saturated carbocycles. The van der Waals surface area contributed by atoms with Crippen LogP contribution in [0, 0.1) is 5.41 Å². The van der Waals surface area contributed by atoms with E-state index >= 15 is 0 Å². The highest BCUT2D eigenvalue weighted by Gasteiger charge is 2.18. The van der Waals surface area contributed by atoms with Gasteiger partial charge in [0, 0.05) is 15.9 Å². The lowest BCUT2D eigenvalue weighted by molar-refractivity contribution is 0.174. The Balaban J connectivity index is 1.43. The van der Waals surface area contributed by atoms with E-state index in [2.05, 4.69) is 32.0 Å². The number of benzene rings is 2. The molecule has 0 fully saturated rings. The quantitative estimate of drug-likeness (QED) is 0.413. The number of nitrogens with one attached hydrogen (secondary N) is 2. The van der Waals surface area contributed by atoms with Gasteiger partial charge in [-0.2, -0.15) is 0 Å². The van der Waals surface area contributed by atoms with Crippen molar-refractivity contribution in [2.45, 2.75) is 23.0 Å². The number of imidazole rings is 1. The first-order chi connectivity index (χ1) is 15.1. The number of aromatic nitrogens is 4. The van der Waals surface area contributed by atoms with Crippen LogP contribution in [0.2, 0.25) is 0 Å². The number of fused-ring (bicyclic) bond motifs is 2. The van der Waals surface area contributed by atoms with Crippen molar-refractivity contribution in [3.63, 3.8) is 0 Å². The first kappa shape index (κ1) is 20.0. The van der Waals surface area contributed by atoms with Crippen LogP contribution in [-0.2, 0) is 13.0 Å². The zero-order chi connectivity index (χ0) is 21.4. The Hall–Kier alpha value is -2.98. The highest BCUT2D eigenvalue weighted by Crippen LogP contribution is 2.42. The second-order valence-electron chi connectivity index (χ2n) is 6.87. The molecule has 3 heterocycles. The summed E-state index contributed by atoms with van der Waals surface area (Å²) in [4.78, 5) is 13.1. The number of methoxy groups -OCH3 is 1. The van der Waals surface area contributed by atoms with Gasteiger partial charge in [0.05, 0.1) is 13.4 Å². The van der Waals surface area contributed by atoms with E-state index < -0.39 is 0 Å². The largest absolute Gasteiger partial charge is 0.497 e. The van der Waals surface area contributed by atoms with E-state index in [1.165, 1.54) is 11.8 Å². The Morgan fingerprint density at radius 3 is 2.94 bits per heavy atom. The predicted octanol–water partition coefficient (Wildman–Crippen LogP) is 4.13. The molecular weight excluding hydrogens is 482 g/mol. The van der Waals surface area contributed by atoms with Gasteiger partial charge in [-0.1, -0.05) is 23.9 Å². The number of nitrogens with zero attached hydrogens (tertiary/aromatic N) is 3. The predicted molar refractivity (Wildman–Crippen MR) is 119 cm³/mol. The van der Waals surface area contributed by atoms with Crippen molar-refractivity contribution in [2.75, 3.05) is 13.9 Å². The molecule has 0 aliphatic carbocycles. The number of hydrogen-bond donors (Lipinski definition) is 2. The molecule has 158 valence electrons. The maximum atomic E-state index is 8.18. The average molecular weight is 500 g/mol. The first-order valence-corrected chi connectivity index (χ1v) is 11.1. The number of H-pyrrole nitrogens is 1. The molecule has 0 saturated heterocycles. The summed E-state index contributed by atoms with van der Waals surface area (Å²) in [6.07, 6.45) is 2.45. The van der Waals surface area contributed by atoms with Gasteiger partial charge in [-0.3, -0.25) is 5.41 Å². The second kappa shape index (κ2) is 8.27. The third-order valence-electron chi connectivity index (χ3n) is 4.91. The molecule has 10 heteroatoms. The topological polar surface area (TPSA) is 98.0 Å². The maximum absolute atomic E-state index is 8.18. The fraction of sp³-hybridized carbons (Fsp3) is 0.190. The summed E-state index contributed by atoms with van der Waals surface area (Å²) in [5.74, 6) is 2.26. The van der Waals surface area contributed by atoms with Crippen molar-refractivity contribution >= 4 is 38.9 Å². The molecule has 5 rings (SSSR count). The van der Waals surface area contributed by atoms with E-state index in [1.54, 1.807) is 13.4 Å². The lowest BCUT2D eigenvalue weighted by Gasteiger charge is -2.08. The van der Waals surface area contributed by atoms with E-state index in [1.807, 2.05) is 34.9 Å². The highest BCUT2D eigenvalue weighted by molar-refractivity contribution is 9.10. The molecule has 0 unspecified atom stereocenters. The smallest absolute Gasteiger partial charge is 0.231 e. The molecule has 0 atom stereocenters. The van der Waals surface area contributed by atoms with Crippen molar-refractivity contribution in [2.24, 2.45) is 0 Å². The monoisotopic (exact) mass is 499 g/mol.